The van der Waals surface area contributed by atoms with Crippen LogP contribution in [0.25, 0.3) is 0 Å². The van der Waals surface area contributed by atoms with Gasteiger partial charge in [-0.05, 0) is 44.1 Å². The molecule has 1 heteroatoms. The molecule has 1 nitrogen and oxygen atoms in total. The van der Waals surface area contributed by atoms with Gasteiger partial charge < -0.3 is 5.32 Å². The molecule has 0 aromatic carbocycles. The molecule has 0 aromatic rings. The molecule has 3 atom stereocenters. The van der Waals surface area contributed by atoms with Crippen LogP contribution in [-0.4, -0.2) is 12.6 Å². The summed E-state index contributed by atoms with van der Waals surface area (Å²) in [6, 6.07) is 0.796. The van der Waals surface area contributed by atoms with Crippen molar-refractivity contribution in [3.8, 4) is 0 Å². The lowest BCUT2D eigenvalue weighted by atomic mass is 9.95. The van der Waals surface area contributed by atoms with Crippen LogP contribution in [0.2, 0.25) is 0 Å². The average Bonchev–Trinajstić information content (AvgIpc) is 2.54. The van der Waals surface area contributed by atoms with Gasteiger partial charge in [-0.15, -0.1) is 0 Å². The Labute approximate surface area is 83.3 Å². The highest BCUT2D eigenvalue weighted by molar-refractivity contribution is 4.82. The topological polar surface area (TPSA) is 12.0 Å². The Morgan fingerprint density at radius 1 is 1.31 bits per heavy atom. The van der Waals surface area contributed by atoms with Gasteiger partial charge in [0, 0.05) is 6.04 Å². The Hall–Kier alpha value is -0.0400. The summed E-state index contributed by atoms with van der Waals surface area (Å²) < 4.78 is 0. The van der Waals surface area contributed by atoms with Gasteiger partial charge in [0.2, 0.25) is 0 Å². The van der Waals surface area contributed by atoms with Crippen LogP contribution in [0.15, 0.2) is 0 Å². The fourth-order valence-corrected chi connectivity index (χ4v) is 2.59. The first-order chi connectivity index (χ1) is 6.27. The molecule has 0 heterocycles. The van der Waals surface area contributed by atoms with Crippen molar-refractivity contribution < 1.29 is 0 Å². The summed E-state index contributed by atoms with van der Waals surface area (Å²) in [6.07, 6.45) is 6.93. The molecule has 1 aliphatic carbocycles. The highest BCUT2D eigenvalue weighted by atomic mass is 14.9. The minimum atomic E-state index is 0.796. The monoisotopic (exact) mass is 183 g/mol. The van der Waals surface area contributed by atoms with Crippen LogP contribution in [0.1, 0.15) is 52.9 Å². The standard InChI is InChI=1S/C12H25N/c1-4-8-13-12(5-2)11-7-6-10(3)9-11/h10-13H,4-9H2,1-3H3. The second-order valence-electron chi connectivity index (χ2n) is 4.65. The first kappa shape index (κ1) is 11.0. The summed E-state index contributed by atoms with van der Waals surface area (Å²) >= 11 is 0. The van der Waals surface area contributed by atoms with Crippen LogP contribution in [0.4, 0.5) is 0 Å². The maximum atomic E-state index is 3.68. The minimum Gasteiger partial charge on any atom is -0.314 e. The summed E-state index contributed by atoms with van der Waals surface area (Å²) in [5.41, 5.74) is 0. The van der Waals surface area contributed by atoms with Crippen LogP contribution < -0.4 is 5.32 Å². The summed E-state index contributed by atoms with van der Waals surface area (Å²) in [4.78, 5) is 0. The van der Waals surface area contributed by atoms with E-state index < -0.39 is 0 Å². The van der Waals surface area contributed by atoms with Gasteiger partial charge in [0.1, 0.15) is 0 Å². The molecule has 13 heavy (non-hydrogen) atoms. The molecule has 0 aliphatic heterocycles. The fraction of sp³-hybridized carbons (Fsp3) is 1.00. The molecule has 3 unspecified atom stereocenters. The predicted octanol–water partition coefficient (Wildman–Crippen LogP) is 3.20. The average molecular weight is 183 g/mol. The SMILES string of the molecule is CCCNC(CC)C1CCC(C)C1. The largest absolute Gasteiger partial charge is 0.314 e. The van der Waals surface area contributed by atoms with Gasteiger partial charge in [0.05, 0.1) is 0 Å². The molecule has 0 aromatic heterocycles. The number of nitrogens with one attached hydrogen (secondary N) is 1. The van der Waals surface area contributed by atoms with Crippen molar-refractivity contribution >= 4 is 0 Å². The normalized spacial score (nSPS) is 30.7. The fourth-order valence-electron chi connectivity index (χ4n) is 2.59. The Balaban J connectivity index is 2.29. The van der Waals surface area contributed by atoms with E-state index in [0.717, 1.165) is 17.9 Å². The van der Waals surface area contributed by atoms with Crippen molar-refractivity contribution in [1.29, 1.82) is 0 Å². The van der Waals surface area contributed by atoms with E-state index in [0.29, 0.717) is 0 Å². The maximum absolute atomic E-state index is 3.68. The zero-order chi connectivity index (χ0) is 9.68. The van der Waals surface area contributed by atoms with Crippen molar-refractivity contribution in [2.24, 2.45) is 11.8 Å². The Bertz CT molecular complexity index is 133. The zero-order valence-corrected chi connectivity index (χ0v) is 9.47. The third-order valence-corrected chi connectivity index (χ3v) is 3.40. The van der Waals surface area contributed by atoms with Crippen molar-refractivity contribution in [3.63, 3.8) is 0 Å². The molecule has 1 saturated carbocycles. The van der Waals surface area contributed by atoms with Gasteiger partial charge in [-0.2, -0.15) is 0 Å². The van der Waals surface area contributed by atoms with E-state index in [1.54, 1.807) is 0 Å². The summed E-state index contributed by atoms with van der Waals surface area (Å²) in [5, 5.41) is 3.68. The molecule has 1 aliphatic rings. The van der Waals surface area contributed by atoms with Gasteiger partial charge >= 0.3 is 0 Å². The third-order valence-electron chi connectivity index (χ3n) is 3.40. The van der Waals surface area contributed by atoms with Gasteiger partial charge in [-0.25, -0.2) is 0 Å². The number of hydrogen-bond acceptors (Lipinski definition) is 1. The van der Waals surface area contributed by atoms with Crippen LogP contribution in [0.3, 0.4) is 0 Å². The van der Waals surface area contributed by atoms with E-state index in [4.69, 9.17) is 0 Å². The van der Waals surface area contributed by atoms with Gasteiger partial charge in [-0.1, -0.05) is 27.2 Å². The molecule has 0 radical (unpaired) electrons. The maximum Gasteiger partial charge on any atom is 0.00927 e. The van der Waals surface area contributed by atoms with Gasteiger partial charge in [0.25, 0.3) is 0 Å². The van der Waals surface area contributed by atoms with E-state index in [-0.39, 0.29) is 0 Å². The van der Waals surface area contributed by atoms with E-state index in [9.17, 15) is 0 Å². The van der Waals surface area contributed by atoms with Gasteiger partial charge in [-0.3, -0.25) is 0 Å². The molecule has 1 fully saturated rings. The Kier molecular flexibility index (Phi) is 4.79. The summed E-state index contributed by atoms with van der Waals surface area (Å²) in [6.45, 7) is 8.16. The van der Waals surface area contributed by atoms with E-state index in [1.165, 1.54) is 38.6 Å². The molecule has 1 N–H and O–H groups in total. The molecule has 0 bridgehead atoms. The van der Waals surface area contributed by atoms with Crippen LogP contribution in [0, 0.1) is 11.8 Å². The lowest BCUT2D eigenvalue weighted by Crippen LogP contribution is -2.35. The smallest absolute Gasteiger partial charge is 0.00927 e. The molecular weight excluding hydrogens is 158 g/mol. The highest BCUT2D eigenvalue weighted by Gasteiger charge is 2.26. The van der Waals surface area contributed by atoms with E-state index >= 15 is 0 Å². The number of hydrogen-bond donors (Lipinski definition) is 1. The Morgan fingerprint density at radius 2 is 2.08 bits per heavy atom. The van der Waals surface area contributed by atoms with Crippen molar-refractivity contribution in [1.82, 2.24) is 5.32 Å². The molecular formula is C12H25N. The second-order valence-corrected chi connectivity index (χ2v) is 4.65. The molecule has 0 amide bonds. The minimum absolute atomic E-state index is 0.796. The van der Waals surface area contributed by atoms with E-state index in [1.807, 2.05) is 0 Å². The van der Waals surface area contributed by atoms with Gasteiger partial charge in [0.15, 0.2) is 0 Å². The first-order valence-electron chi connectivity index (χ1n) is 6.01. The molecule has 0 spiro atoms. The highest BCUT2D eigenvalue weighted by Crippen LogP contribution is 2.33. The summed E-state index contributed by atoms with van der Waals surface area (Å²) in [5.74, 6) is 1.94. The third kappa shape index (κ3) is 3.30. The van der Waals surface area contributed by atoms with Crippen molar-refractivity contribution in [2.45, 2.75) is 58.9 Å². The molecule has 78 valence electrons. The predicted molar refractivity (Wildman–Crippen MR) is 58.9 cm³/mol. The van der Waals surface area contributed by atoms with Crippen LogP contribution in [0.5, 0.6) is 0 Å². The number of rotatable bonds is 5. The second kappa shape index (κ2) is 5.64. The first-order valence-corrected chi connectivity index (χ1v) is 6.01. The van der Waals surface area contributed by atoms with Crippen molar-refractivity contribution in [2.75, 3.05) is 6.54 Å². The van der Waals surface area contributed by atoms with Crippen LogP contribution >= 0.6 is 0 Å². The molecule has 0 saturated heterocycles. The Morgan fingerprint density at radius 3 is 2.54 bits per heavy atom. The lowest BCUT2D eigenvalue weighted by molar-refractivity contribution is 0.342. The molecule has 1 rings (SSSR count). The van der Waals surface area contributed by atoms with E-state index in [2.05, 4.69) is 26.1 Å². The summed E-state index contributed by atoms with van der Waals surface area (Å²) in [7, 11) is 0. The quantitative estimate of drug-likeness (QED) is 0.690. The van der Waals surface area contributed by atoms with Crippen LogP contribution in [-0.2, 0) is 0 Å². The van der Waals surface area contributed by atoms with Crippen molar-refractivity contribution in [3.05, 3.63) is 0 Å². The zero-order valence-electron chi connectivity index (χ0n) is 9.47. The lowest BCUT2D eigenvalue weighted by Gasteiger charge is -2.23.